The maximum atomic E-state index is 12.9. The lowest BCUT2D eigenvalue weighted by molar-refractivity contribution is -0.147. The molecule has 0 unspecified atom stereocenters. The number of ether oxygens (including phenoxy) is 1. The first-order valence-electron chi connectivity index (χ1n) is 11.5. The molecular formula is C26H29ClN4O6. The largest absolute Gasteiger partial charge is 0.479 e. The van der Waals surface area contributed by atoms with Gasteiger partial charge in [-0.05, 0) is 29.2 Å². The maximum absolute atomic E-state index is 12.9. The number of aromatic amines is 1. The Morgan fingerprint density at radius 2 is 1.86 bits per heavy atom. The number of aliphatic carboxylic acids is 1. The van der Waals surface area contributed by atoms with Crippen LogP contribution in [0, 0.1) is 0 Å². The second-order valence-corrected chi connectivity index (χ2v) is 8.93. The molecule has 1 aromatic heterocycles. The van der Waals surface area contributed by atoms with Crippen molar-refractivity contribution in [1.82, 2.24) is 20.4 Å². The number of hydrogen-bond donors (Lipinski definition) is 4. The van der Waals surface area contributed by atoms with Gasteiger partial charge < -0.3 is 25.2 Å². The molecule has 1 heterocycles. The van der Waals surface area contributed by atoms with Gasteiger partial charge in [-0.3, -0.25) is 14.7 Å². The van der Waals surface area contributed by atoms with Crippen LogP contribution < -0.4 is 5.32 Å². The van der Waals surface area contributed by atoms with Crippen molar-refractivity contribution in [2.75, 3.05) is 27.3 Å². The number of H-pyrrole nitrogens is 1. The van der Waals surface area contributed by atoms with E-state index in [0.29, 0.717) is 23.7 Å². The third kappa shape index (κ3) is 7.63. The lowest BCUT2D eigenvalue weighted by Crippen LogP contribution is -2.40. The van der Waals surface area contributed by atoms with Gasteiger partial charge in [-0.2, -0.15) is 5.10 Å². The van der Waals surface area contributed by atoms with Crippen LogP contribution in [0.4, 0.5) is 0 Å². The van der Waals surface area contributed by atoms with Gasteiger partial charge in [0, 0.05) is 44.3 Å². The number of carboxylic acid groups (broad SMARTS) is 1. The molecular weight excluding hydrogens is 500 g/mol. The zero-order chi connectivity index (χ0) is 26.9. The minimum Gasteiger partial charge on any atom is -0.479 e. The molecule has 0 fully saturated rings. The molecule has 2 atom stereocenters. The SMILES string of the molecule is COCCN(C)C(=O)c1cc(C(=O)N[C@H](Cc2ccc(-c3ccccc3)cc2Cl)C[C@@H](O)C(=O)O)n[nH]1. The van der Waals surface area contributed by atoms with E-state index in [0.717, 1.165) is 11.1 Å². The quantitative estimate of drug-likeness (QED) is 0.283. The van der Waals surface area contributed by atoms with Crippen molar-refractivity contribution in [3.05, 3.63) is 76.6 Å². The van der Waals surface area contributed by atoms with E-state index in [9.17, 15) is 24.6 Å². The van der Waals surface area contributed by atoms with E-state index in [1.807, 2.05) is 36.4 Å². The number of aromatic nitrogens is 2. The molecule has 0 saturated carbocycles. The van der Waals surface area contributed by atoms with Gasteiger partial charge in [0.2, 0.25) is 0 Å². The summed E-state index contributed by atoms with van der Waals surface area (Å²) in [6, 6.07) is 15.7. The summed E-state index contributed by atoms with van der Waals surface area (Å²) in [4.78, 5) is 38.1. The predicted molar refractivity (Wildman–Crippen MR) is 138 cm³/mol. The number of carbonyl (C=O) groups excluding carboxylic acids is 2. The lowest BCUT2D eigenvalue weighted by atomic mass is 9.97. The molecule has 0 spiro atoms. The van der Waals surface area contributed by atoms with E-state index in [1.54, 1.807) is 19.2 Å². The Bertz CT molecular complexity index is 1230. The van der Waals surface area contributed by atoms with Gasteiger partial charge in [0.05, 0.1) is 6.61 Å². The van der Waals surface area contributed by atoms with Crippen molar-refractivity contribution in [2.24, 2.45) is 0 Å². The van der Waals surface area contributed by atoms with Crippen molar-refractivity contribution in [3.8, 4) is 11.1 Å². The van der Waals surface area contributed by atoms with Crippen molar-refractivity contribution in [2.45, 2.75) is 25.0 Å². The van der Waals surface area contributed by atoms with Crippen LogP contribution in [0.1, 0.15) is 33.0 Å². The summed E-state index contributed by atoms with van der Waals surface area (Å²) < 4.78 is 4.96. The number of aliphatic hydroxyl groups is 1. The topological polar surface area (TPSA) is 145 Å². The molecule has 196 valence electrons. The Morgan fingerprint density at radius 1 is 1.14 bits per heavy atom. The average molecular weight is 529 g/mol. The fourth-order valence-electron chi connectivity index (χ4n) is 3.69. The highest BCUT2D eigenvalue weighted by Crippen LogP contribution is 2.27. The Morgan fingerprint density at radius 3 is 2.51 bits per heavy atom. The fraction of sp³-hybridized carbons (Fsp3) is 0.308. The number of carbonyl (C=O) groups is 3. The smallest absolute Gasteiger partial charge is 0.332 e. The van der Waals surface area contributed by atoms with E-state index in [2.05, 4.69) is 15.5 Å². The zero-order valence-electron chi connectivity index (χ0n) is 20.5. The first kappa shape index (κ1) is 27.9. The highest BCUT2D eigenvalue weighted by atomic mass is 35.5. The summed E-state index contributed by atoms with van der Waals surface area (Å²) >= 11 is 6.52. The van der Waals surface area contributed by atoms with Crippen molar-refractivity contribution in [3.63, 3.8) is 0 Å². The van der Waals surface area contributed by atoms with Crippen LogP contribution in [0.25, 0.3) is 11.1 Å². The molecule has 10 nitrogen and oxygen atoms in total. The molecule has 3 aromatic rings. The van der Waals surface area contributed by atoms with Gasteiger partial charge in [-0.1, -0.05) is 54.1 Å². The number of benzene rings is 2. The molecule has 4 N–H and O–H groups in total. The zero-order valence-corrected chi connectivity index (χ0v) is 21.2. The number of hydrogen-bond acceptors (Lipinski definition) is 6. The van der Waals surface area contributed by atoms with E-state index >= 15 is 0 Å². The van der Waals surface area contributed by atoms with Crippen molar-refractivity contribution in [1.29, 1.82) is 0 Å². The van der Waals surface area contributed by atoms with Gasteiger partial charge in [0.1, 0.15) is 5.69 Å². The van der Waals surface area contributed by atoms with Crippen LogP contribution in [0.2, 0.25) is 5.02 Å². The Balaban J connectivity index is 1.75. The van der Waals surface area contributed by atoms with Crippen LogP contribution in [0.3, 0.4) is 0 Å². The van der Waals surface area contributed by atoms with Gasteiger partial charge >= 0.3 is 5.97 Å². The minimum atomic E-state index is -1.70. The molecule has 0 radical (unpaired) electrons. The number of methoxy groups -OCH3 is 1. The fourth-order valence-corrected chi connectivity index (χ4v) is 3.95. The molecule has 11 heteroatoms. The summed E-state index contributed by atoms with van der Waals surface area (Å²) in [5, 5.41) is 28.8. The molecule has 0 aliphatic carbocycles. The first-order chi connectivity index (χ1) is 17.7. The van der Waals surface area contributed by atoms with Crippen molar-refractivity contribution < 1.29 is 29.3 Å². The van der Waals surface area contributed by atoms with E-state index in [4.69, 9.17) is 16.3 Å². The molecule has 2 amide bonds. The monoisotopic (exact) mass is 528 g/mol. The van der Waals surface area contributed by atoms with Crippen LogP contribution in [-0.4, -0.2) is 82.5 Å². The van der Waals surface area contributed by atoms with E-state index < -0.39 is 24.0 Å². The third-order valence-corrected chi connectivity index (χ3v) is 6.12. The predicted octanol–water partition coefficient (Wildman–Crippen LogP) is 2.63. The van der Waals surface area contributed by atoms with Gasteiger partial charge in [0.25, 0.3) is 11.8 Å². The second kappa shape index (κ2) is 13.0. The third-order valence-electron chi connectivity index (χ3n) is 5.77. The summed E-state index contributed by atoms with van der Waals surface area (Å²) in [7, 11) is 3.12. The number of halogens is 1. The molecule has 0 aliphatic rings. The molecule has 37 heavy (non-hydrogen) atoms. The van der Waals surface area contributed by atoms with Crippen LogP contribution in [0.15, 0.2) is 54.6 Å². The number of nitrogens with one attached hydrogen (secondary N) is 2. The number of nitrogens with zero attached hydrogens (tertiary/aromatic N) is 2. The lowest BCUT2D eigenvalue weighted by Gasteiger charge is -2.21. The number of rotatable bonds is 12. The Kier molecular flexibility index (Phi) is 9.78. The van der Waals surface area contributed by atoms with Crippen LogP contribution in [0.5, 0.6) is 0 Å². The number of carboxylic acids is 1. The summed E-state index contributed by atoms with van der Waals surface area (Å²) in [6.07, 6.45) is -1.79. The molecule has 0 saturated heterocycles. The van der Waals surface area contributed by atoms with Crippen LogP contribution in [-0.2, 0) is 16.0 Å². The molecule has 3 rings (SSSR count). The molecule has 0 aliphatic heterocycles. The number of likely N-dealkylation sites (N-methyl/N-ethyl adjacent to an activating group) is 1. The maximum Gasteiger partial charge on any atom is 0.332 e. The van der Waals surface area contributed by atoms with Gasteiger partial charge in [0.15, 0.2) is 11.8 Å². The number of amides is 2. The van der Waals surface area contributed by atoms with Gasteiger partial charge in [-0.25, -0.2) is 4.79 Å². The molecule has 2 aromatic carbocycles. The Hall–Kier alpha value is -3.73. The normalized spacial score (nSPS) is 12.5. The first-order valence-corrected chi connectivity index (χ1v) is 11.9. The summed E-state index contributed by atoms with van der Waals surface area (Å²) in [5.74, 6) is -2.40. The van der Waals surface area contributed by atoms with E-state index in [-0.39, 0.29) is 30.1 Å². The Labute approximate surface area is 219 Å². The number of aliphatic hydroxyl groups excluding tert-OH is 1. The average Bonchev–Trinajstić information content (AvgIpc) is 3.39. The molecule has 0 bridgehead atoms. The van der Waals surface area contributed by atoms with E-state index in [1.165, 1.54) is 18.1 Å². The second-order valence-electron chi connectivity index (χ2n) is 8.52. The van der Waals surface area contributed by atoms with Crippen LogP contribution >= 0.6 is 11.6 Å². The van der Waals surface area contributed by atoms with Gasteiger partial charge in [-0.15, -0.1) is 0 Å². The van der Waals surface area contributed by atoms with Crippen molar-refractivity contribution >= 4 is 29.4 Å². The standard InChI is InChI=1S/C26H29ClN4O6/c1-31(10-11-37-2)25(34)22-15-21(29-30-22)24(33)28-19(14-23(32)26(35)36)12-18-9-8-17(13-20(18)27)16-6-4-3-5-7-16/h3-9,13,15,19,23,32H,10-12,14H2,1-2H3,(H,28,33)(H,29,30)(H,35,36)/t19-,23-/m1/s1. The highest BCUT2D eigenvalue weighted by molar-refractivity contribution is 6.31. The highest BCUT2D eigenvalue weighted by Gasteiger charge is 2.25. The minimum absolute atomic E-state index is 0.0520. The summed E-state index contributed by atoms with van der Waals surface area (Å²) in [5.41, 5.74) is 2.62. The summed E-state index contributed by atoms with van der Waals surface area (Å²) in [6.45, 7) is 0.709.